The minimum Gasteiger partial charge on any atom is -0.481 e. The van der Waals surface area contributed by atoms with Crippen molar-refractivity contribution in [3.63, 3.8) is 0 Å². The maximum Gasteiger partial charge on any atom is 0.310 e. The zero-order valence-electron chi connectivity index (χ0n) is 10.2. The molecule has 0 radical (unpaired) electrons. The first kappa shape index (κ1) is 12.9. The van der Waals surface area contributed by atoms with Crippen LogP contribution in [0, 0.1) is 5.41 Å². The lowest BCUT2D eigenvalue weighted by Crippen LogP contribution is -2.52. The van der Waals surface area contributed by atoms with Crippen molar-refractivity contribution in [1.29, 1.82) is 0 Å². The molecule has 0 spiro atoms. The number of carbonyl (C=O) groups is 3. The second-order valence-corrected chi connectivity index (χ2v) is 5.17. The summed E-state index contributed by atoms with van der Waals surface area (Å²) in [7, 11) is 0. The highest BCUT2D eigenvalue weighted by molar-refractivity contribution is 5.90. The van der Waals surface area contributed by atoms with E-state index in [0.29, 0.717) is 25.8 Å². The Kier molecular flexibility index (Phi) is 3.54. The SMILES string of the molecule is O=C(CC1(C(=O)O)CCC1)NC1CCCNC1=O. The lowest BCUT2D eigenvalue weighted by atomic mass is 9.66. The van der Waals surface area contributed by atoms with Crippen LogP contribution in [-0.2, 0) is 14.4 Å². The number of hydrogen-bond acceptors (Lipinski definition) is 3. The summed E-state index contributed by atoms with van der Waals surface area (Å²) < 4.78 is 0. The number of carboxylic acid groups (broad SMARTS) is 1. The molecular weight excluding hydrogens is 236 g/mol. The molecule has 6 heteroatoms. The molecule has 0 aromatic heterocycles. The highest BCUT2D eigenvalue weighted by atomic mass is 16.4. The van der Waals surface area contributed by atoms with E-state index >= 15 is 0 Å². The second-order valence-electron chi connectivity index (χ2n) is 5.17. The number of nitrogens with one attached hydrogen (secondary N) is 2. The van der Waals surface area contributed by atoms with E-state index in [1.165, 1.54) is 0 Å². The van der Waals surface area contributed by atoms with Crippen molar-refractivity contribution in [1.82, 2.24) is 10.6 Å². The minimum absolute atomic E-state index is 0.0217. The molecule has 0 aromatic carbocycles. The van der Waals surface area contributed by atoms with E-state index in [4.69, 9.17) is 5.11 Å². The van der Waals surface area contributed by atoms with Gasteiger partial charge in [0, 0.05) is 13.0 Å². The maximum atomic E-state index is 11.8. The summed E-state index contributed by atoms with van der Waals surface area (Å²) in [6, 6.07) is -0.503. The fourth-order valence-corrected chi connectivity index (χ4v) is 2.53. The summed E-state index contributed by atoms with van der Waals surface area (Å²) >= 11 is 0. The molecule has 2 rings (SSSR count). The monoisotopic (exact) mass is 254 g/mol. The largest absolute Gasteiger partial charge is 0.481 e. The normalized spacial score (nSPS) is 25.8. The van der Waals surface area contributed by atoms with Gasteiger partial charge >= 0.3 is 5.97 Å². The molecule has 1 saturated carbocycles. The Hall–Kier alpha value is -1.59. The lowest BCUT2D eigenvalue weighted by molar-refractivity contribution is -0.157. The van der Waals surface area contributed by atoms with Crippen molar-refractivity contribution in [2.24, 2.45) is 5.41 Å². The van der Waals surface area contributed by atoms with Crippen molar-refractivity contribution in [2.75, 3.05) is 6.54 Å². The van der Waals surface area contributed by atoms with Gasteiger partial charge in [0.2, 0.25) is 11.8 Å². The van der Waals surface area contributed by atoms with Crippen LogP contribution in [0.1, 0.15) is 38.5 Å². The maximum absolute atomic E-state index is 11.8. The van der Waals surface area contributed by atoms with Gasteiger partial charge in [-0.2, -0.15) is 0 Å². The fraction of sp³-hybridized carbons (Fsp3) is 0.750. The summed E-state index contributed by atoms with van der Waals surface area (Å²) in [6.07, 6.45) is 3.38. The number of carbonyl (C=O) groups excluding carboxylic acids is 2. The smallest absolute Gasteiger partial charge is 0.310 e. The molecule has 18 heavy (non-hydrogen) atoms. The zero-order chi connectivity index (χ0) is 13.2. The highest BCUT2D eigenvalue weighted by Crippen LogP contribution is 2.44. The fourth-order valence-electron chi connectivity index (χ4n) is 2.53. The Morgan fingerprint density at radius 1 is 1.39 bits per heavy atom. The molecule has 2 amide bonds. The van der Waals surface area contributed by atoms with E-state index in [1.54, 1.807) is 0 Å². The third-order valence-corrected chi connectivity index (χ3v) is 3.88. The van der Waals surface area contributed by atoms with E-state index in [1.807, 2.05) is 0 Å². The summed E-state index contributed by atoms with van der Waals surface area (Å²) in [5.74, 6) is -1.41. The number of piperidine rings is 1. The van der Waals surface area contributed by atoms with Gasteiger partial charge in [-0.15, -0.1) is 0 Å². The van der Waals surface area contributed by atoms with Crippen LogP contribution in [0.2, 0.25) is 0 Å². The van der Waals surface area contributed by atoms with Crippen LogP contribution >= 0.6 is 0 Å². The van der Waals surface area contributed by atoms with Crippen LogP contribution in [-0.4, -0.2) is 35.5 Å². The van der Waals surface area contributed by atoms with Gasteiger partial charge < -0.3 is 15.7 Å². The topological polar surface area (TPSA) is 95.5 Å². The Balaban J connectivity index is 1.88. The van der Waals surface area contributed by atoms with Gasteiger partial charge in [0.05, 0.1) is 5.41 Å². The molecular formula is C12H18N2O4. The molecule has 3 N–H and O–H groups in total. The summed E-state index contributed by atoms with van der Waals surface area (Å²) in [6.45, 7) is 0.643. The van der Waals surface area contributed by atoms with Crippen LogP contribution in [0.25, 0.3) is 0 Å². The average Bonchev–Trinajstić information content (AvgIpc) is 2.26. The van der Waals surface area contributed by atoms with Gasteiger partial charge in [-0.1, -0.05) is 6.42 Å². The van der Waals surface area contributed by atoms with Crippen molar-refractivity contribution >= 4 is 17.8 Å². The molecule has 1 atom stereocenters. The first-order valence-corrected chi connectivity index (χ1v) is 6.34. The first-order chi connectivity index (χ1) is 8.53. The van der Waals surface area contributed by atoms with Crippen LogP contribution in [0.4, 0.5) is 0 Å². The quantitative estimate of drug-likeness (QED) is 0.659. The van der Waals surface area contributed by atoms with E-state index in [0.717, 1.165) is 12.8 Å². The minimum atomic E-state index is -0.906. The van der Waals surface area contributed by atoms with E-state index in [9.17, 15) is 14.4 Å². The van der Waals surface area contributed by atoms with Crippen molar-refractivity contribution in [3.05, 3.63) is 0 Å². The zero-order valence-corrected chi connectivity index (χ0v) is 10.2. The van der Waals surface area contributed by atoms with Gasteiger partial charge in [-0.25, -0.2) is 0 Å². The summed E-state index contributed by atoms with van der Waals surface area (Å²) in [5.41, 5.74) is -0.894. The molecule has 0 aromatic rings. The molecule has 1 aliphatic heterocycles. The van der Waals surface area contributed by atoms with Gasteiger partial charge in [-0.05, 0) is 25.7 Å². The molecule has 1 saturated heterocycles. The van der Waals surface area contributed by atoms with Gasteiger partial charge in [0.25, 0.3) is 0 Å². The molecule has 1 heterocycles. The van der Waals surface area contributed by atoms with Crippen LogP contribution in [0.3, 0.4) is 0 Å². The molecule has 6 nitrogen and oxygen atoms in total. The standard InChI is InChI=1S/C12H18N2O4/c15-9(7-12(11(17)18)4-2-5-12)14-8-3-1-6-13-10(8)16/h8H,1-7H2,(H,13,16)(H,14,15)(H,17,18). The van der Waals surface area contributed by atoms with E-state index in [2.05, 4.69) is 10.6 Å². The van der Waals surface area contributed by atoms with E-state index in [-0.39, 0.29) is 18.2 Å². The number of rotatable bonds is 4. The number of amides is 2. The van der Waals surface area contributed by atoms with Crippen molar-refractivity contribution in [2.45, 2.75) is 44.6 Å². The number of aliphatic carboxylic acids is 1. The molecule has 2 fully saturated rings. The third-order valence-electron chi connectivity index (χ3n) is 3.88. The lowest BCUT2D eigenvalue weighted by Gasteiger charge is -2.37. The summed E-state index contributed by atoms with van der Waals surface area (Å²) in [5, 5.41) is 14.4. The van der Waals surface area contributed by atoms with Crippen LogP contribution < -0.4 is 10.6 Å². The van der Waals surface area contributed by atoms with E-state index < -0.39 is 17.4 Å². The third kappa shape index (κ3) is 2.47. The average molecular weight is 254 g/mol. The molecule has 100 valence electrons. The second kappa shape index (κ2) is 4.96. The molecule has 1 aliphatic carbocycles. The van der Waals surface area contributed by atoms with Crippen molar-refractivity contribution < 1.29 is 19.5 Å². The summed E-state index contributed by atoms with van der Waals surface area (Å²) in [4.78, 5) is 34.4. The van der Waals surface area contributed by atoms with Crippen LogP contribution in [0.5, 0.6) is 0 Å². The predicted octanol–water partition coefficient (Wildman–Crippen LogP) is 0.0262. The Morgan fingerprint density at radius 2 is 2.11 bits per heavy atom. The number of carboxylic acids is 1. The number of hydrogen-bond donors (Lipinski definition) is 3. The van der Waals surface area contributed by atoms with Crippen molar-refractivity contribution in [3.8, 4) is 0 Å². The Labute approximate surface area is 105 Å². The highest BCUT2D eigenvalue weighted by Gasteiger charge is 2.46. The van der Waals surface area contributed by atoms with Crippen LogP contribution in [0.15, 0.2) is 0 Å². The van der Waals surface area contributed by atoms with Gasteiger partial charge in [0.15, 0.2) is 0 Å². The van der Waals surface area contributed by atoms with Gasteiger partial charge in [0.1, 0.15) is 6.04 Å². The predicted molar refractivity (Wildman–Crippen MR) is 62.7 cm³/mol. The Bertz CT molecular complexity index is 376. The first-order valence-electron chi connectivity index (χ1n) is 6.34. The Morgan fingerprint density at radius 3 is 2.61 bits per heavy atom. The molecule has 2 aliphatic rings. The molecule has 0 bridgehead atoms. The molecule has 1 unspecified atom stereocenters. The van der Waals surface area contributed by atoms with Gasteiger partial charge in [-0.3, -0.25) is 14.4 Å².